The number of anilines is 1. The van der Waals surface area contributed by atoms with Gasteiger partial charge in [-0.2, -0.15) is 0 Å². The Morgan fingerprint density at radius 3 is 2.55 bits per heavy atom. The summed E-state index contributed by atoms with van der Waals surface area (Å²) in [7, 11) is 0. The lowest BCUT2D eigenvalue weighted by Crippen LogP contribution is -2.60. The molecular weight excluding hydrogens is 456 g/mol. The van der Waals surface area contributed by atoms with E-state index in [9.17, 15) is 34.9 Å². The van der Waals surface area contributed by atoms with E-state index in [1.165, 1.54) is 11.8 Å². The predicted molar refractivity (Wildman–Crippen MR) is 115 cm³/mol. The number of thioether (sulfide) groups is 1. The van der Waals surface area contributed by atoms with Crippen molar-refractivity contribution in [3.63, 3.8) is 0 Å². The first-order valence-corrected chi connectivity index (χ1v) is 10.5. The topological polar surface area (TPSA) is 176 Å². The van der Waals surface area contributed by atoms with E-state index in [0.717, 1.165) is 22.5 Å². The van der Waals surface area contributed by atoms with Crippen molar-refractivity contribution < 1.29 is 24.4 Å². The molecule has 4 rings (SSSR count). The lowest BCUT2D eigenvalue weighted by molar-refractivity contribution is -0.763. The molecule has 13 nitrogen and oxygen atoms in total. The Balaban J connectivity index is 2.16. The number of phenolic OH excluding ortho intramolecular Hbond substituents is 1. The van der Waals surface area contributed by atoms with E-state index < -0.39 is 44.6 Å². The Morgan fingerprint density at radius 1 is 1.24 bits per heavy atom. The van der Waals surface area contributed by atoms with E-state index in [4.69, 9.17) is 0 Å². The molecule has 0 aliphatic carbocycles. The molecular formula is C19H15N6O7S+. The normalized spacial score (nSPS) is 14.4. The van der Waals surface area contributed by atoms with Crippen molar-refractivity contribution in [2.45, 2.75) is 18.2 Å². The van der Waals surface area contributed by atoms with Gasteiger partial charge < -0.3 is 5.11 Å². The molecule has 1 aromatic heterocycles. The van der Waals surface area contributed by atoms with Crippen LogP contribution in [0.5, 0.6) is 5.75 Å². The molecule has 2 aromatic carbocycles. The summed E-state index contributed by atoms with van der Waals surface area (Å²) in [6, 6.07) is 7.97. The van der Waals surface area contributed by atoms with Crippen LogP contribution in [-0.2, 0) is 4.79 Å². The average Bonchev–Trinajstić information content (AvgIpc) is 2.77. The minimum atomic E-state index is -1.42. The molecule has 2 N–H and O–H groups in total. The largest absolute Gasteiger partial charge is 0.502 e. The summed E-state index contributed by atoms with van der Waals surface area (Å²) >= 11 is 1.09. The van der Waals surface area contributed by atoms with Crippen molar-refractivity contribution >= 4 is 34.7 Å². The molecule has 3 aromatic rings. The number of carbonyl (C=O) groups is 1. The van der Waals surface area contributed by atoms with Gasteiger partial charge in [-0.25, -0.2) is 4.90 Å². The molecule has 0 radical (unpaired) electrons. The number of carbonyl (C=O) groups excluding carboxylic acids is 1. The summed E-state index contributed by atoms with van der Waals surface area (Å²) in [6.07, 6.45) is 0.231. The molecule has 1 aliphatic rings. The summed E-state index contributed by atoms with van der Waals surface area (Å²) in [5, 5.41) is 38.2. The van der Waals surface area contributed by atoms with Gasteiger partial charge in [0.2, 0.25) is 16.8 Å². The number of nitro benzene ring substituents is 2. The van der Waals surface area contributed by atoms with Crippen LogP contribution in [0.25, 0.3) is 11.3 Å². The molecule has 0 fully saturated rings. The number of aromatic hydroxyl groups is 1. The SMILES string of the molecule is CSc1n[n+]2c(c(=O)[nH]1)-c1ccccc1N(C(C)=O)[C@@H]2c1cc([N+](=O)[O-])cc([N+](=O)[O-])c1O. The number of fused-ring (bicyclic) bond motifs is 3. The van der Waals surface area contributed by atoms with E-state index in [1.54, 1.807) is 30.5 Å². The molecule has 168 valence electrons. The number of rotatable bonds is 4. The maximum Gasteiger partial charge on any atom is 0.325 e. The van der Waals surface area contributed by atoms with Gasteiger partial charge in [0.15, 0.2) is 0 Å². The highest BCUT2D eigenvalue weighted by molar-refractivity contribution is 7.98. The highest BCUT2D eigenvalue weighted by atomic mass is 32.2. The second-order valence-corrected chi connectivity index (χ2v) is 7.75. The zero-order chi connectivity index (χ0) is 24.0. The zero-order valence-corrected chi connectivity index (χ0v) is 17.9. The first-order chi connectivity index (χ1) is 15.6. The van der Waals surface area contributed by atoms with Crippen molar-refractivity contribution in [3.05, 3.63) is 72.5 Å². The van der Waals surface area contributed by atoms with Crippen molar-refractivity contribution in [3.8, 4) is 17.0 Å². The fourth-order valence-electron chi connectivity index (χ4n) is 3.75. The summed E-state index contributed by atoms with van der Waals surface area (Å²) in [5.41, 5.74) is -1.85. The third kappa shape index (κ3) is 3.45. The van der Waals surface area contributed by atoms with Gasteiger partial charge in [0, 0.05) is 18.1 Å². The third-order valence-electron chi connectivity index (χ3n) is 5.08. The number of amides is 1. The smallest absolute Gasteiger partial charge is 0.325 e. The molecule has 1 atom stereocenters. The monoisotopic (exact) mass is 471 g/mol. The van der Waals surface area contributed by atoms with Crippen LogP contribution in [0.4, 0.5) is 17.1 Å². The van der Waals surface area contributed by atoms with Crippen molar-refractivity contribution in [2.24, 2.45) is 0 Å². The fourth-order valence-corrected chi connectivity index (χ4v) is 4.12. The first kappa shape index (κ1) is 21.9. The Hall–Kier alpha value is -4.33. The Morgan fingerprint density at radius 2 is 1.94 bits per heavy atom. The summed E-state index contributed by atoms with van der Waals surface area (Å²) < 4.78 is 1.14. The van der Waals surface area contributed by atoms with E-state index in [0.29, 0.717) is 11.6 Å². The number of aromatic amines is 1. The summed E-state index contributed by atoms with van der Waals surface area (Å²) in [4.78, 5) is 50.7. The van der Waals surface area contributed by atoms with Gasteiger partial charge >= 0.3 is 16.9 Å². The number of phenols is 1. The van der Waals surface area contributed by atoms with Crippen LogP contribution in [0.3, 0.4) is 0 Å². The molecule has 1 aliphatic heterocycles. The predicted octanol–water partition coefficient (Wildman–Crippen LogP) is 1.88. The van der Waals surface area contributed by atoms with Crippen LogP contribution in [0.2, 0.25) is 0 Å². The minimum absolute atomic E-state index is 0.0134. The van der Waals surface area contributed by atoms with Gasteiger partial charge in [-0.05, 0) is 23.1 Å². The van der Waals surface area contributed by atoms with Gasteiger partial charge in [-0.3, -0.25) is 34.8 Å². The van der Waals surface area contributed by atoms with Crippen LogP contribution in [0, 0.1) is 20.2 Å². The van der Waals surface area contributed by atoms with Gasteiger partial charge in [0.25, 0.3) is 11.9 Å². The molecule has 0 saturated carbocycles. The van der Waals surface area contributed by atoms with E-state index in [-0.39, 0.29) is 22.1 Å². The number of benzene rings is 2. The average molecular weight is 471 g/mol. The molecule has 14 heteroatoms. The van der Waals surface area contributed by atoms with Gasteiger partial charge in [0.1, 0.15) is 5.56 Å². The minimum Gasteiger partial charge on any atom is -0.502 e. The number of H-pyrrole nitrogens is 1. The van der Waals surface area contributed by atoms with Gasteiger partial charge in [0.05, 0.1) is 27.2 Å². The number of aromatic nitrogens is 3. The highest BCUT2D eigenvalue weighted by Gasteiger charge is 2.47. The number of hydrogen-bond acceptors (Lipinski definition) is 9. The lowest BCUT2D eigenvalue weighted by Gasteiger charge is -2.31. The van der Waals surface area contributed by atoms with E-state index in [1.807, 2.05) is 0 Å². The highest BCUT2D eigenvalue weighted by Crippen LogP contribution is 2.43. The Bertz CT molecular complexity index is 1410. The number of hydrogen-bond donors (Lipinski definition) is 2. The fraction of sp³-hybridized carbons (Fsp3) is 0.158. The Labute approximate surface area is 188 Å². The van der Waals surface area contributed by atoms with E-state index >= 15 is 0 Å². The second-order valence-electron chi connectivity index (χ2n) is 6.95. The van der Waals surface area contributed by atoms with Gasteiger partial charge in [-0.15, -0.1) is 0 Å². The van der Waals surface area contributed by atoms with Crippen molar-refractivity contribution in [1.29, 1.82) is 0 Å². The zero-order valence-electron chi connectivity index (χ0n) is 17.1. The van der Waals surface area contributed by atoms with Gasteiger partial charge in [-0.1, -0.05) is 23.9 Å². The number of non-ortho nitro benzene ring substituents is 1. The Kier molecular flexibility index (Phi) is 5.29. The maximum absolute atomic E-state index is 13.0. The second kappa shape index (κ2) is 7.98. The molecule has 0 bridgehead atoms. The third-order valence-corrected chi connectivity index (χ3v) is 5.65. The van der Waals surface area contributed by atoms with Crippen LogP contribution >= 0.6 is 11.8 Å². The lowest BCUT2D eigenvalue weighted by atomic mass is 10.00. The quantitative estimate of drug-likeness (QED) is 0.249. The maximum atomic E-state index is 13.0. The molecule has 0 unspecified atom stereocenters. The summed E-state index contributed by atoms with van der Waals surface area (Å²) in [6.45, 7) is 1.22. The summed E-state index contributed by atoms with van der Waals surface area (Å²) in [5.74, 6) is -1.43. The van der Waals surface area contributed by atoms with Crippen LogP contribution < -0.4 is 15.1 Å². The van der Waals surface area contributed by atoms with Crippen molar-refractivity contribution in [2.75, 3.05) is 11.2 Å². The van der Waals surface area contributed by atoms with Crippen LogP contribution in [0.15, 0.2) is 46.3 Å². The number of nitrogens with one attached hydrogen (secondary N) is 1. The molecule has 0 spiro atoms. The van der Waals surface area contributed by atoms with Crippen molar-refractivity contribution in [1.82, 2.24) is 10.1 Å². The number of para-hydroxylation sites is 1. The first-order valence-electron chi connectivity index (χ1n) is 9.30. The van der Waals surface area contributed by atoms with Crippen LogP contribution in [0.1, 0.15) is 18.7 Å². The molecule has 33 heavy (non-hydrogen) atoms. The standard InChI is InChI=1S/C19H14N6O7S/c1-9(26)22-13-6-4-3-5-11(13)15-17(28)20-19(33-2)21-23(15)18(22)12-7-10(24(29)30)8-14(16(12)27)25(31)32/h3-8,18H,1-2H3,(H-,20,21,27,28)/p+1/t18-/m0/s1. The molecule has 0 saturated heterocycles. The number of nitro groups is 2. The van der Waals surface area contributed by atoms with Crippen LogP contribution in [-0.4, -0.2) is 37.2 Å². The number of nitrogens with zero attached hydrogens (tertiary/aromatic N) is 5. The molecule has 2 heterocycles. The molecule has 1 amide bonds. The van der Waals surface area contributed by atoms with E-state index in [2.05, 4.69) is 10.1 Å².